The van der Waals surface area contributed by atoms with Gasteiger partial charge in [-0.2, -0.15) is 0 Å². The molecule has 2 aliphatic heterocycles. The Hall–Kier alpha value is -4.98. The molecule has 6 rings (SSSR count). The summed E-state index contributed by atoms with van der Waals surface area (Å²) < 4.78 is 17.1. The van der Waals surface area contributed by atoms with E-state index in [2.05, 4.69) is 22.3 Å². The predicted octanol–water partition coefficient (Wildman–Crippen LogP) is 4.55. The van der Waals surface area contributed by atoms with Crippen LogP contribution in [0.2, 0.25) is 0 Å². The average molecular weight is 536 g/mol. The third kappa shape index (κ3) is 5.29. The van der Waals surface area contributed by atoms with E-state index in [0.717, 1.165) is 40.2 Å². The van der Waals surface area contributed by atoms with Crippen LogP contribution in [-0.2, 0) is 13.1 Å². The van der Waals surface area contributed by atoms with Crippen molar-refractivity contribution >= 4 is 17.5 Å². The molecule has 0 saturated carbocycles. The van der Waals surface area contributed by atoms with Gasteiger partial charge in [0.2, 0.25) is 5.91 Å². The number of nitrogens with two attached hydrogens (primary N) is 1. The van der Waals surface area contributed by atoms with Gasteiger partial charge < -0.3 is 30.2 Å². The summed E-state index contributed by atoms with van der Waals surface area (Å²) in [5.41, 5.74) is 11.3. The Bertz CT molecular complexity index is 1570. The Kier molecular flexibility index (Phi) is 6.97. The van der Waals surface area contributed by atoms with E-state index in [9.17, 15) is 9.59 Å². The van der Waals surface area contributed by atoms with Crippen molar-refractivity contribution in [2.45, 2.75) is 13.1 Å². The van der Waals surface area contributed by atoms with Crippen molar-refractivity contribution in [2.75, 3.05) is 31.3 Å². The minimum Gasteiger partial charge on any atom is -0.490 e. The van der Waals surface area contributed by atoms with E-state index in [0.29, 0.717) is 55.5 Å². The van der Waals surface area contributed by atoms with Crippen molar-refractivity contribution in [1.82, 2.24) is 5.32 Å². The van der Waals surface area contributed by atoms with Crippen molar-refractivity contribution in [1.29, 1.82) is 0 Å². The van der Waals surface area contributed by atoms with Gasteiger partial charge in [0.1, 0.15) is 25.6 Å². The lowest BCUT2D eigenvalue weighted by atomic mass is 9.98. The van der Waals surface area contributed by atoms with Crippen LogP contribution in [0.5, 0.6) is 17.2 Å². The Morgan fingerprint density at radius 3 is 2.35 bits per heavy atom. The Balaban J connectivity index is 1.12. The zero-order valence-electron chi connectivity index (χ0n) is 21.9. The fourth-order valence-electron chi connectivity index (χ4n) is 5.02. The molecule has 0 aromatic heterocycles. The summed E-state index contributed by atoms with van der Waals surface area (Å²) >= 11 is 0. The van der Waals surface area contributed by atoms with Gasteiger partial charge in [0.05, 0.1) is 12.2 Å². The third-order valence-electron chi connectivity index (χ3n) is 7.07. The van der Waals surface area contributed by atoms with Gasteiger partial charge in [-0.1, -0.05) is 48.5 Å². The SMILES string of the molecule is NC(=O)c1ccccc1-c1ccc(CN2CCOc3cc(C(=O)NCc4ccc5c(c4)OCCO5)ccc32)cc1. The van der Waals surface area contributed by atoms with Crippen LogP contribution in [0.3, 0.4) is 0 Å². The maximum Gasteiger partial charge on any atom is 0.251 e. The molecule has 0 aliphatic carbocycles. The van der Waals surface area contributed by atoms with Crippen molar-refractivity contribution in [3.8, 4) is 28.4 Å². The van der Waals surface area contributed by atoms with Crippen molar-refractivity contribution in [2.24, 2.45) is 5.73 Å². The second-order valence-electron chi connectivity index (χ2n) is 9.72. The monoisotopic (exact) mass is 535 g/mol. The highest BCUT2D eigenvalue weighted by atomic mass is 16.6. The zero-order valence-corrected chi connectivity index (χ0v) is 21.9. The number of ether oxygens (including phenoxy) is 3. The van der Waals surface area contributed by atoms with E-state index in [1.165, 1.54) is 0 Å². The molecule has 202 valence electrons. The molecule has 4 aromatic carbocycles. The number of hydrogen-bond donors (Lipinski definition) is 2. The molecule has 4 aromatic rings. The first-order valence-electron chi connectivity index (χ1n) is 13.2. The molecule has 0 unspecified atom stereocenters. The molecular formula is C32H29N3O5. The van der Waals surface area contributed by atoms with Crippen molar-refractivity contribution in [3.05, 3.63) is 107 Å². The summed E-state index contributed by atoms with van der Waals surface area (Å²) in [5, 5.41) is 2.98. The lowest BCUT2D eigenvalue weighted by Gasteiger charge is -2.31. The van der Waals surface area contributed by atoms with Gasteiger partial charge in [0, 0.05) is 24.2 Å². The van der Waals surface area contributed by atoms with Crippen LogP contribution >= 0.6 is 0 Å². The predicted molar refractivity (Wildman–Crippen MR) is 152 cm³/mol. The topological polar surface area (TPSA) is 103 Å². The second kappa shape index (κ2) is 11.0. The summed E-state index contributed by atoms with van der Waals surface area (Å²) in [7, 11) is 0. The summed E-state index contributed by atoms with van der Waals surface area (Å²) in [6.45, 7) is 3.38. The fraction of sp³-hybridized carbons (Fsp3) is 0.188. The van der Waals surface area contributed by atoms with E-state index in [4.69, 9.17) is 19.9 Å². The molecule has 0 atom stereocenters. The lowest BCUT2D eigenvalue weighted by Crippen LogP contribution is -2.32. The minimum absolute atomic E-state index is 0.176. The molecule has 2 heterocycles. The number of rotatable bonds is 7. The number of anilines is 1. The lowest BCUT2D eigenvalue weighted by molar-refractivity contribution is 0.0949. The van der Waals surface area contributed by atoms with Crippen LogP contribution in [0.4, 0.5) is 5.69 Å². The summed E-state index contributed by atoms with van der Waals surface area (Å²) in [6.07, 6.45) is 0. The number of nitrogens with one attached hydrogen (secondary N) is 1. The number of hydrogen-bond acceptors (Lipinski definition) is 6. The number of amides is 2. The molecule has 2 amide bonds. The van der Waals surface area contributed by atoms with Gasteiger partial charge in [-0.15, -0.1) is 0 Å². The van der Waals surface area contributed by atoms with Gasteiger partial charge in [0.25, 0.3) is 5.91 Å². The third-order valence-corrected chi connectivity index (χ3v) is 7.07. The summed E-state index contributed by atoms with van der Waals surface area (Å²) in [4.78, 5) is 27.0. The van der Waals surface area contributed by atoms with Crippen LogP contribution in [0, 0.1) is 0 Å². The molecule has 40 heavy (non-hydrogen) atoms. The number of benzene rings is 4. The average Bonchev–Trinajstić information content (AvgIpc) is 3.00. The molecule has 0 fully saturated rings. The normalized spacial score (nSPS) is 13.7. The van der Waals surface area contributed by atoms with E-state index in [1.54, 1.807) is 12.1 Å². The van der Waals surface area contributed by atoms with Gasteiger partial charge in [0.15, 0.2) is 11.5 Å². The largest absolute Gasteiger partial charge is 0.490 e. The smallest absolute Gasteiger partial charge is 0.251 e. The molecule has 8 heteroatoms. The highest BCUT2D eigenvalue weighted by Crippen LogP contribution is 2.34. The van der Waals surface area contributed by atoms with Gasteiger partial charge >= 0.3 is 0 Å². The number of carbonyl (C=O) groups excluding carboxylic acids is 2. The van der Waals surface area contributed by atoms with E-state index >= 15 is 0 Å². The number of primary amides is 1. The van der Waals surface area contributed by atoms with Gasteiger partial charge in [-0.05, 0) is 58.7 Å². The number of nitrogens with zero attached hydrogens (tertiary/aromatic N) is 1. The first-order chi connectivity index (χ1) is 19.5. The van der Waals surface area contributed by atoms with E-state index in [-0.39, 0.29) is 5.91 Å². The first-order valence-corrected chi connectivity index (χ1v) is 13.2. The minimum atomic E-state index is -0.444. The first kappa shape index (κ1) is 25.3. The second-order valence-corrected chi connectivity index (χ2v) is 9.72. The zero-order chi connectivity index (χ0) is 27.5. The quantitative estimate of drug-likeness (QED) is 0.360. The van der Waals surface area contributed by atoms with Crippen LogP contribution in [0.1, 0.15) is 31.8 Å². The fourth-order valence-corrected chi connectivity index (χ4v) is 5.02. The van der Waals surface area contributed by atoms with Crippen LogP contribution in [0.25, 0.3) is 11.1 Å². The summed E-state index contributed by atoms with van der Waals surface area (Å²) in [5.74, 6) is 1.49. The maximum atomic E-state index is 12.9. The van der Waals surface area contributed by atoms with Crippen molar-refractivity contribution < 1.29 is 23.8 Å². The van der Waals surface area contributed by atoms with Crippen LogP contribution < -0.4 is 30.2 Å². The molecule has 3 N–H and O–H groups in total. The standard InChI is InChI=1S/C32H29N3O5/c33-31(36)26-4-2-1-3-25(26)23-8-5-21(6-9-23)20-35-13-14-38-29-18-24(10-11-27(29)35)32(37)34-19-22-7-12-28-30(17-22)40-16-15-39-28/h1-12,17-18H,13-16,19-20H2,(H2,33,36)(H,34,37). The molecular weight excluding hydrogens is 506 g/mol. The summed E-state index contributed by atoms with van der Waals surface area (Å²) in [6, 6.07) is 26.7. The highest BCUT2D eigenvalue weighted by Gasteiger charge is 2.21. The Morgan fingerprint density at radius 1 is 0.775 bits per heavy atom. The molecule has 8 nitrogen and oxygen atoms in total. The molecule has 2 aliphatic rings. The van der Waals surface area contributed by atoms with Gasteiger partial charge in [-0.3, -0.25) is 9.59 Å². The van der Waals surface area contributed by atoms with E-state index < -0.39 is 5.91 Å². The van der Waals surface area contributed by atoms with Crippen molar-refractivity contribution in [3.63, 3.8) is 0 Å². The highest BCUT2D eigenvalue weighted by molar-refractivity contribution is 5.99. The van der Waals surface area contributed by atoms with E-state index in [1.807, 2.05) is 60.7 Å². The molecule has 0 spiro atoms. The van der Waals surface area contributed by atoms with Crippen LogP contribution in [0.15, 0.2) is 84.9 Å². The van der Waals surface area contributed by atoms with Crippen LogP contribution in [-0.4, -0.2) is 38.2 Å². The number of fused-ring (bicyclic) bond motifs is 2. The maximum absolute atomic E-state index is 12.9. The van der Waals surface area contributed by atoms with Gasteiger partial charge in [-0.25, -0.2) is 0 Å². The Morgan fingerprint density at radius 2 is 1.52 bits per heavy atom. The number of carbonyl (C=O) groups is 2. The molecule has 0 radical (unpaired) electrons. The molecule has 0 saturated heterocycles. The molecule has 0 bridgehead atoms. The Labute approximate surface area is 232 Å².